The van der Waals surface area contributed by atoms with Gasteiger partial charge in [0.1, 0.15) is 33.3 Å². The molecule has 9 rings (SSSR count). The maximum Gasteiger partial charge on any atom is 0.273 e. The van der Waals surface area contributed by atoms with Gasteiger partial charge >= 0.3 is 0 Å². The Hall–Kier alpha value is -6.72. The molecule has 4 aromatic heterocycles. The van der Waals surface area contributed by atoms with Crippen molar-refractivity contribution in [2.24, 2.45) is 0 Å². The van der Waals surface area contributed by atoms with E-state index in [1.165, 1.54) is 0 Å². The number of imidazole rings is 2. The van der Waals surface area contributed by atoms with E-state index >= 15 is 0 Å². The van der Waals surface area contributed by atoms with E-state index in [4.69, 9.17) is 39.6 Å². The van der Waals surface area contributed by atoms with Gasteiger partial charge in [0.2, 0.25) is 0 Å². The van der Waals surface area contributed by atoms with E-state index in [1.54, 1.807) is 17.0 Å². The van der Waals surface area contributed by atoms with Crippen molar-refractivity contribution in [3.63, 3.8) is 0 Å². The van der Waals surface area contributed by atoms with Gasteiger partial charge in [-0.2, -0.15) is 0 Å². The van der Waals surface area contributed by atoms with E-state index in [2.05, 4.69) is 37.7 Å². The number of nitrogens with one attached hydrogen (secondary N) is 2. The van der Waals surface area contributed by atoms with Crippen molar-refractivity contribution in [2.45, 2.75) is 31.8 Å². The van der Waals surface area contributed by atoms with Crippen molar-refractivity contribution in [3.05, 3.63) is 142 Å². The lowest BCUT2D eigenvalue weighted by atomic mass is 10.1. The number of aromatic nitrogens is 6. The van der Waals surface area contributed by atoms with Crippen LogP contribution in [0, 0.1) is 24.2 Å². The molecule has 1 aliphatic rings. The molecule has 0 aliphatic carbocycles. The first kappa shape index (κ1) is 35.9. The van der Waals surface area contributed by atoms with Crippen molar-refractivity contribution in [2.75, 3.05) is 13.1 Å². The number of halogens is 2. The monoisotopic (exact) mass is 786 g/mol. The molecule has 1 aliphatic heterocycles. The van der Waals surface area contributed by atoms with E-state index in [1.807, 2.05) is 89.8 Å². The van der Waals surface area contributed by atoms with Crippen LogP contribution in [-0.4, -0.2) is 64.6 Å². The van der Waals surface area contributed by atoms with Crippen molar-refractivity contribution in [3.8, 4) is 24.2 Å². The molecule has 0 unspecified atom stereocenters. The lowest BCUT2D eigenvalue weighted by Crippen LogP contribution is -2.32. The maximum absolute atomic E-state index is 13.9. The molecule has 1 fully saturated rings. The van der Waals surface area contributed by atoms with Crippen LogP contribution in [0.25, 0.3) is 43.6 Å². The van der Waals surface area contributed by atoms with Crippen molar-refractivity contribution >= 4 is 78.6 Å². The van der Waals surface area contributed by atoms with Gasteiger partial charge in [0.15, 0.2) is 0 Å². The Bertz CT molecular complexity index is 3010. The third-order valence-corrected chi connectivity index (χ3v) is 10.6. The Morgan fingerprint density at radius 3 is 2.07 bits per heavy atom. The number of rotatable bonds is 7. The van der Waals surface area contributed by atoms with Gasteiger partial charge in [-0.25, -0.2) is 19.9 Å². The van der Waals surface area contributed by atoms with E-state index in [0.29, 0.717) is 36.4 Å². The first-order valence-corrected chi connectivity index (χ1v) is 19.2. The number of H-pyrrole nitrogens is 2. The number of hydrogen-bond donors (Lipinski definition) is 2. The number of amides is 2. The number of terminal acetylenes is 1. The van der Waals surface area contributed by atoms with E-state index in [-0.39, 0.29) is 40.4 Å². The molecule has 0 radical (unpaired) electrons. The summed E-state index contributed by atoms with van der Waals surface area (Å²) in [6, 6.07) is 30.0. The standard InChI is InChI=1S/C45H32Cl2N8O2/c1-2-3-20-54(44(56)41-31-11-6-4-9-29(31)24-38(46)52-41)26-40-48-33-18-16-27(22-35(33)49-40)14-15-28-17-19-34-36(23-28)51-43(50-34)37-13-8-21-55(37)45(57)42-32-12-7-5-10-30(32)25-39(47)53-42/h1,4-7,9-12,16-19,22-25,37H,3,8,13,20-21,26H2,(H,48,49)(H,50,51)/t37-/m0/s1. The minimum atomic E-state index is -0.282. The summed E-state index contributed by atoms with van der Waals surface area (Å²) < 4.78 is 0. The van der Waals surface area contributed by atoms with Crippen LogP contribution in [0.1, 0.15) is 69.1 Å². The van der Waals surface area contributed by atoms with Gasteiger partial charge < -0.3 is 19.8 Å². The van der Waals surface area contributed by atoms with Crippen LogP contribution in [0.15, 0.2) is 97.1 Å². The van der Waals surface area contributed by atoms with E-state index in [9.17, 15) is 9.59 Å². The van der Waals surface area contributed by atoms with Crippen molar-refractivity contribution < 1.29 is 9.59 Å². The molecule has 8 aromatic rings. The fraction of sp³-hybridized carbons (Fsp3) is 0.156. The molecule has 0 saturated carbocycles. The summed E-state index contributed by atoms with van der Waals surface area (Å²) >= 11 is 12.6. The molecule has 10 nitrogen and oxygen atoms in total. The number of fused-ring (bicyclic) bond motifs is 4. The Kier molecular flexibility index (Phi) is 9.51. The van der Waals surface area contributed by atoms with Gasteiger partial charge in [0.25, 0.3) is 11.8 Å². The first-order valence-electron chi connectivity index (χ1n) is 18.5. The molecular weight excluding hydrogens is 755 g/mol. The molecule has 57 heavy (non-hydrogen) atoms. The molecule has 12 heteroatoms. The van der Waals surface area contributed by atoms with Crippen LogP contribution >= 0.6 is 23.2 Å². The summed E-state index contributed by atoms with van der Waals surface area (Å²) in [6.45, 7) is 1.12. The largest absolute Gasteiger partial charge is 0.340 e. The number of pyridine rings is 2. The van der Waals surface area contributed by atoms with Gasteiger partial charge in [-0.15, -0.1) is 12.3 Å². The third-order valence-electron chi connectivity index (χ3n) is 10.2. The molecule has 1 atom stereocenters. The molecule has 1 saturated heterocycles. The van der Waals surface area contributed by atoms with Gasteiger partial charge in [-0.05, 0) is 72.1 Å². The quantitative estimate of drug-likeness (QED) is 0.123. The van der Waals surface area contributed by atoms with Crippen LogP contribution in [0.3, 0.4) is 0 Å². The second-order valence-electron chi connectivity index (χ2n) is 13.9. The van der Waals surface area contributed by atoms with Gasteiger partial charge in [0.05, 0.1) is 34.7 Å². The summed E-state index contributed by atoms with van der Waals surface area (Å²) in [4.78, 5) is 56.5. The van der Waals surface area contributed by atoms with Crippen LogP contribution in [0.4, 0.5) is 0 Å². The number of nitrogens with zero attached hydrogens (tertiary/aromatic N) is 6. The Labute approximate surface area is 337 Å². The SMILES string of the molecule is C#CCCN(Cc1nc2ccc(C#Cc3ccc4nc([C@@H]5CCCN5C(=O)c5nc(Cl)cc6ccccc56)[nH]c4c3)cc2[nH]1)C(=O)c1nc(Cl)cc2ccccc12. The molecular formula is C45H32Cl2N8O2. The van der Waals surface area contributed by atoms with E-state index in [0.717, 1.165) is 68.0 Å². The number of likely N-dealkylation sites (tertiary alicyclic amines) is 1. The van der Waals surface area contributed by atoms with Crippen LogP contribution < -0.4 is 0 Å². The van der Waals surface area contributed by atoms with Gasteiger partial charge in [0, 0.05) is 41.4 Å². The zero-order valence-electron chi connectivity index (χ0n) is 30.4. The number of carbonyl (C=O) groups is 2. The molecule has 2 N–H and O–H groups in total. The predicted molar refractivity (Wildman–Crippen MR) is 223 cm³/mol. The van der Waals surface area contributed by atoms with Gasteiger partial charge in [-0.3, -0.25) is 9.59 Å². The lowest BCUT2D eigenvalue weighted by molar-refractivity contribution is 0.0723. The second-order valence-corrected chi connectivity index (χ2v) is 14.7. The number of hydrogen-bond acceptors (Lipinski definition) is 6. The minimum absolute atomic E-state index is 0.164. The molecule has 278 valence electrons. The van der Waals surface area contributed by atoms with Crippen LogP contribution in [-0.2, 0) is 6.54 Å². The summed E-state index contributed by atoms with van der Waals surface area (Å²) in [5.41, 5.74) is 5.38. The molecule has 4 aromatic carbocycles. The second kappa shape index (κ2) is 15.1. The summed E-state index contributed by atoms with van der Waals surface area (Å²) in [5.74, 6) is 10.1. The zero-order chi connectivity index (χ0) is 39.0. The normalized spacial score (nSPS) is 13.9. The molecule has 0 bridgehead atoms. The summed E-state index contributed by atoms with van der Waals surface area (Å²) in [6.07, 6.45) is 7.60. The highest BCUT2D eigenvalue weighted by molar-refractivity contribution is 6.31. The summed E-state index contributed by atoms with van der Waals surface area (Å²) in [7, 11) is 0. The topological polar surface area (TPSA) is 124 Å². The number of carbonyl (C=O) groups excluding carboxylic acids is 2. The molecule has 0 spiro atoms. The minimum Gasteiger partial charge on any atom is -0.340 e. The third kappa shape index (κ3) is 7.13. The predicted octanol–water partition coefficient (Wildman–Crippen LogP) is 8.89. The summed E-state index contributed by atoms with van der Waals surface area (Å²) in [5, 5.41) is 3.71. The van der Waals surface area contributed by atoms with Crippen molar-refractivity contribution in [1.82, 2.24) is 39.7 Å². The highest BCUT2D eigenvalue weighted by Crippen LogP contribution is 2.34. The average Bonchev–Trinajstić information content (AvgIpc) is 3.98. The van der Waals surface area contributed by atoms with Gasteiger partial charge in [-0.1, -0.05) is 83.6 Å². The fourth-order valence-corrected chi connectivity index (χ4v) is 7.90. The molecule has 5 heterocycles. The Morgan fingerprint density at radius 2 is 1.39 bits per heavy atom. The first-order chi connectivity index (χ1) is 27.8. The van der Waals surface area contributed by atoms with Crippen LogP contribution in [0.5, 0.6) is 0 Å². The fourth-order valence-electron chi connectivity index (χ4n) is 7.50. The highest BCUT2D eigenvalue weighted by Gasteiger charge is 2.34. The number of benzene rings is 4. The Morgan fingerprint density at radius 1 is 0.772 bits per heavy atom. The maximum atomic E-state index is 13.9. The highest BCUT2D eigenvalue weighted by atomic mass is 35.5. The number of aromatic amines is 2. The average molecular weight is 788 g/mol. The van der Waals surface area contributed by atoms with Crippen LogP contribution in [0.2, 0.25) is 10.3 Å². The smallest absolute Gasteiger partial charge is 0.273 e. The van der Waals surface area contributed by atoms with Crippen molar-refractivity contribution in [1.29, 1.82) is 0 Å². The van der Waals surface area contributed by atoms with E-state index < -0.39 is 0 Å². The lowest BCUT2D eigenvalue weighted by Gasteiger charge is -2.23. The Balaban J connectivity index is 0.933. The molecule has 2 amide bonds. The zero-order valence-corrected chi connectivity index (χ0v) is 31.9.